The second-order valence-electron chi connectivity index (χ2n) is 3.05. The lowest BCUT2D eigenvalue weighted by atomic mass is 10.3. The zero-order chi connectivity index (χ0) is 11.8. The molecule has 0 aliphatic rings. The second kappa shape index (κ2) is 8.22. The largest absolute Gasteiger partial charge is 0.381 e. The van der Waals surface area contributed by atoms with Gasteiger partial charge in [0.15, 0.2) is 0 Å². The Balaban J connectivity index is 2.11. The third-order valence-corrected chi connectivity index (χ3v) is 3.63. The molecule has 0 aliphatic carbocycles. The number of hydrogen-bond acceptors (Lipinski definition) is 3. The van der Waals surface area contributed by atoms with E-state index in [0.29, 0.717) is 25.3 Å². The number of halogens is 2. The van der Waals surface area contributed by atoms with Gasteiger partial charge in [0, 0.05) is 23.9 Å². The van der Waals surface area contributed by atoms with Crippen LogP contribution >= 0.6 is 43.2 Å². The summed E-state index contributed by atoms with van der Waals surface area (Å²) in [5, 5.41) is 5.53. The highest BCUT2D eigenvalue weighted by Crippen LogP contribution is 2.20. The number of nitrogens with one attached hydrogen (secondary N) is 1. The van der Waals surface area contributed by atoms with Gasteiger partial charge in [0.25, 0.3) is 5.91 Å². The fraction of sp³-hybridized carbons (Fsp3) is 0.500. The van der Waals surface area contributed by atoms with Gasteiger partial charge in [0.2, 0.25) is 0 Å². The lowest BCUT2D eigenvalue weighted by Gasteiger charge is -2.04. The van der Waals surface area contributed by atoms with Crippen molar-refractivity contribution in [3.8, 4) is 0 Å². The first-order chi connectivity index (χ1) is 7.74. The van der Waals surface area contributed by atoms with Crippen molar-refractivity contribution in [3.05, 3.63) is 20.8 Å². The Morgan fingerprint density at radius 1 is 1.50 bits per heavy atom. The number of carbonyl (C=O) groups excluding carboxylic acids is 1. The van der Waals surface area contributed by atoms with E-state index in [1.165, 1.54) is 11.3 Å². The Hall–Kier alpha value is 0.0900. The molecule has 1 amide bonds. The van der Waals surface area contributed by atoms with Crippen molar-refractivity contribution < 1.29 is 9.53 Å². The first-order valence-electron chi connectivity index (χ1n) is 4.90. The molecule has 1 aromatic rings. The lowest BCUT2D eigenvalue weighted by Crippen LogP contribution is -2.24. The molecule has 0 spiro atoms. The van der Waals surface area contributed by atoms with Crippen molar-refractivity contribution in [2.45, 2.75) is 6.42 Å². The Labute approximate surface area is 116 Å². The first kappa shape index (κ1) is 14.2. The van der Waals surface area contributed by atoms with Crippen molar-refractivity contribution in [1.82, 2.24) is 5.32 Å². The molecule has 1 heterocycles. The highest BCUT2D eigenvalue weighted by atomic mass is 79.9. The van der Waals surface area contributed by atoms with E-state index >= 15 is 0 Å². The van der Waals surface area contributed by atoms with E-state index in [1.807, 2.05) is 11.4 Å². The van der Waals surface area contributed by atoms with Gasteiger partial charge in [0.05, 0.1) is 16.0 Å². The number of amides is 1. The highest BCUT2D eigenvalue weighted by Gasteiger charge is 2.06. The van der Waals surface area contributed by atoms with Crippen LogP contribution in [0.5, 0.6) is 0 Å². The van der Waals surface area contributed by atoms with E-state index in [-0.39, 0.29) is 5.91 Å². The number of ether oxygens (including phenoxy) is 1. The Kier molecular flexibility index (Phi) is 7.27. The van der Waals surface area contributed by atoms with Gasteiger partial charge in [0.1, 0.15) is 0 Å². The average Bonchev–Trinajstić information content (AvgIpc) is 2.70. The predicted octanol–water partition coefficient (Wildman–Crippen LogP) is 3.04. The molecule has 90 valence electrons. The van der Waals surface area contributed by atoms with Crippen LogP contribution in [0.1, 0.15) is 16.8 Å². The molecule has 0 aliphatic heterocycles. The van der Waals surface area contributed by atoms with Crippen LogP contribution in [0.3, 0.4) is 0 Å². The minimum atomic E-state index is -0.0255. The number of carbonyl (C=O) groups is 1. The number of alkyl halides is 1. The molecule has 0 atom stereocenters. The zero-order valence-electron chi connectivity index (χ0n) is 8.67. The number of rotatable bonds is 7. The molecule has 0 unspecified atom stereocenters. The van der Waals surface area contributed by atoms with Gasteiger partial charge in [-0.05, 0) is 28.4 Å². The lowest BCUT2D eigenvalue weighted by molar-refractivity contribution is 0.0945. The van der Waals surface area contributed by atoms with Crippen LogP contribution in [0.4, 0.5) is 0 Å². The van der Waals surface area contributed by atoms with Gasteiger partial charge in [-0.1, -0.05) is 15.9 Å². The smallest absolute Gasteiger partial charge is 0.252 e. The molecule has 0 saturated carbocycles. The number of hydrogen-bond donors (Lipinski definition) is 1. The quantitative estimate of drug-likeness (QED) is 0.591. The molecule has 0 radical (unpaired) electrons. The molecule has 6 heteroatoms. The third kappa shape index (κ3) is 5.43. The minimum absolute atomic E-state index is 0.0255. The van der Waals surface area contributed by atoms with E-state index in [1.54, 1.807) is 0 Å². The van der Waals surface area contributed by atoms with Crippen LogP contribution in [0.15, 0.2) is 15.2 Å². The van der Waals surface area contributed by atoms with Crippen molar-refractivity contribution >= 4 is 49.1 Å². The summed E-state index contributed by atoms with van der Waals surface area (Å²) in [5.41, 5.74) is 0.707. The van der Waals surface area contributed by atoms with E-state index < -0.39 is 0 Å². The van der Waals surface area contributed by atoms with Crippen LogP contribution in [0, 0.1) is 0 Å². The fourth-order valence-corrected chi connectivity index (χ4v) is 2.43. The molecule has 1 aromatic heterocycles. The van der Waals surface area contributed by atoms with Gasteiger partial charge in [-0.3, -0.25) is 4.79 Å². The fourth-order valence-electron chi connectivity index (χ4n) is 1.06. The number of thiophene rings is 1. The molecule has 0 fully saturated rings. The van der Waals surface area contributed by atoms with Crippen LogP contribution in [0.2, 0.25) is 0 Å². The molecule has 1 N–H and O–H groups in total. The Morgan fingerprint density at radius 3 is 2.94 bits per heavy atom. The van der Waals surface area contributed by atoms with Gasteiger partial charge < -0.3 is 10.1 Å². The van der Waals surface area contributed by atoms with Gasteiger partial charge in [-0.2, -0.15) is 0 Å². The highest BCUT2D eigenvalue weighted by molar-refractivity contribution is 9.11. The summed E-state index contributed by atoms with van der Waals surface area (Å²) in [6.07, 6.45) is 0.837. The minimum Gasteiger partial charge on any atom is -0.381 e. The molecule has 0 saturated heterocycles. The standard InChI is InChI=1S/C10H13Br2NO2S/c11-2-5-15-4-1-3-13-10(14)8-6-9(12)16-7-8/h6-7H,1-5H2,(H,13,14). The molecule has 3 nitrogen and oxygen atoms in total. The van der Waals surface area contributed by atoms with E-state index in [2.05, 4.69) is 37.2 Å². The molecule has 1 rings (SSSR count). The van der Waals surface area contributed by atoms with E-state index in [0.717, 1.165) is 15.5 Å². The van der Waals surface area contributed by atoms with Gasteiger partial charge >= 0.3 is 0 Å². The second-order valence-corrected chi connectivity index (χ2v) is 6.13. The molecular formula is C10H13Br2NO2S. The molecule has 0 aromatic carbocycles. The molecule has 16 heavy (non-hydrogen) atoms. The van der Waals surface area contributed by atoms with E-state index in [9.17, 15) is 4.79 Å². The molecule has 0 bridgehead atoms. The maximum atomic E-state index is 11.6. The van der Waals surface area contributed by atoms with Crippen LogP contribution in [-0.4, -0.2) is 31.0 Å². The zero-order valence-corrected chi connectivity index (χ0v) is 12.7. The Morgan fingerprint density at radius 2 is 2.31 bits per heavy atom. The maximum Gasteiger partial charge on any atom is 0.252 e. The van der Waals surface area contributed by atoms with Crippen LogP contribution in [0.25, 0.3) is 0 Å². The van der Waals surface area contributed by atoms with Crippen molar-refractivity contribution in [1.29, 1.82) is 0 Å². The van der Waals surface area contributed by atoms with Crippen LogP contribution in [-0.2, 0) is 4.74 Å². The monoisotopic (exact) mass is 369 g/mol. The SMILES string of the molecule is O=C(NCCCOCCBr)c1csc(Br)c1. The summed E-state index contributed by atoms with van der Waals surface area (Å²) in [6.45, 7) is 2.04. The van der Waals surface area contributed by atoms with Crippen molar-refractivity contribution in [3.63, 3.8) is 0 Å². The summed E-state index contributed by atoms with van der Waals surface area (Å²) in [7, 11) is 0. The summed E-state index contributed by atoms with van der Waals surface area (Å²) < 4.78 is 6.24. The van der Waals surface area contributed by atoms with Crippen molar-refractivity contribution in [2.75, 3.05) is 25.1 Å². The Bertz CT molecular complexity index is 330. The summed E-state index contributed by atoms with van der Waals surface area (Å²) in [5.74, 6) is -0.0255. The predicted molar refractivity (Wildman–Crippen MR) is 73.6 cm³/mol. The average molecular weight is 371 g/mol. The topological polar surface area (TPSA) is 38.3 Å². The third-order valence-electron chi connectivity index (χ3n) is 1.80. The van der Waals surface area contributed by atoms with Gasteiger partial charge in [-0.25, -0.2) is 0 Å². The van der Waals surface area contributed by atoms with Crippen LogP contribution < -0.4 is 5.32 Å². The molecular weight excluding hydrogens is 358 g/mol. The van der Waals surface area contributed by atoms with Crippen molar-refractivity contribution in [2.24, 2.45) is 0 Å². The summed E-state index contributed by atoms with van der Waals surface area (Å²) >= 11 is 8.11. The van der Waals surface area contributed by atoms with E-state index in [4.69, 9.17) is 4.74 Å². The normalized spacial score (nSPS) is 10.4. The summed E-state index contributed by atoms with van der Waals surface area (Å²) in [4.78, 5) is 11.6. The summed E-state index contributed by atoms with van der Waals surface area (Å²) in [6, 6.07) is 1.82. The first-order valence-corrected chi connectivity index (χ1v) is 7.69. The van der Waals surface area contributed by atoms with Gasteiger partial charge in [-0.15, -0.1) is 11.3 Å². The maximum absolute atomic E-state index is 11.6.